The number of amides is 2. The average Bonchev–Trinajstić information content (AvgIpc) is 2.86. The van der Waals surface area contributed by atoms with Gasteiger partial charge in [0, 0.05) is 26.0 Å². The summed E-state index contributed by atoms with van der Waals surface area (Å²) in [5, 5.41) is 0.513. The third-order valence-corrected chi connectivity index (χ3v) is 3.04. The molecule has 2 amide bonds. The van der Waals surface area contributed by atoms with Crippen LogP contribution in [0.25, 0.3) is 6.08 Å². The van der Waals surface area contributed by atoms with Gasteiger partial charge in [0.1, 0.15) is 12.4 Å². The van der Waals surface area contributed by atoms with Gasteiger partial charge in [-0.1, -0.05) is 12.1 Å². The summed E-state index contributed by atoms with van der Waals surface area (Å²) >= 11 is 0. The van der Waals surface area contributed by atoms with E-state index in [0.29, 0.717) is 24.0 Å². The van der Waals surface area contributed by atoms with Crippen LogP contribution in [-0.2, 0) is 24.0 Å². The maximum atomic E-state index is 11.6. The van der Waals surface area contributed by atoms with Crippen LogP contribution in [0.15, 0.2) is 30.3 Å². The summed E-state index contributed by atoms with van der Waals surface area (Å²) in [5.74, 6) is -1.10. The molecule has 1 fully saturated rings. The van der Waals surface area contributed by atoms with Gasteiger partial charge in [-0.2, -0.15) is 0 Å². The molecule has 1 saturated heterocycles. The van der Waals surface area contributed by atoms with Crippen molar-refractivity contribution in [3.63, 3.8) is 0 Å². The summed E-state index contributed by atoms with van der Waals surface area (Å²) in [7, 11) is 1.60. The Labute approximate surface area is 133 Å². The first-order chi connectivity index (χ1) is 11.1. The Kier molecular flexibility index (Phi) is 5.87. The Morgan fingerprint density at radius 2 is 1.78 bits per heavy atom. The standard InChI is InChI=1S/C16H17NO6/c1-21-10-11-22-13-5-2-12(3-6-13)4-9-16(20)23-17-14(18)7-8-15(17)19/h2-6,9H,7-8,10-11H2,1H3/b9-4+. The zero-order valence-corrected chi connectivity index (χ0v) is 12.7. The molecule has 0 saturated carbocycles. The highest BCUT2D eigenvalue weighted by Crippen LogP contribution is 2.14. The van der Waals surface area contributed by atoms with E-state index in [-0.39, 0.29) is 12.8 Å². The number of nitrogens with zero attached hydrogens (tertiary/aromatic N) is 1. The highest BCUT2D eigenvalue weighted by molar-refractivity contribution is 6.02. The van der Waals surface area contributed by atoms with E-state index in [1.54, 1.807) is 31.4 Å². The van der Waals surface area contributed by atoms with Crippen molar-refractivity contribution in [1.82, 2.24) is 5.06 Å². The molecule has 1 heterocycles. The van der Waals surface area contributed by atoms with Crippen molar-refractivity contribution in [2.75, 3.05) is 20.3 Å². The number of carbonyl (C=O) groups is 3. The van der Waals surface area contributed by atoms with E-state index in [0.717, 1.165) is 11.6 Å². The van der Waals surface area contributed by atoms with Gasteiger partial charge in [0.25, 0.3) is 11.8 Å². The van der Waals surface area contributed by atoms with Crippen LogP contribution >= 0.6 is 0 Å². The normalized spacial score (nSPS) is 14.6. The lowest BCUT2D eigenvalue weighted by atomic mass is 10.2. The molecule has 0 atom stereocenters. The summed E-state index contributed by atoms with van der Waals surface area (Å²) in [5.41, 5.74) is 0.750. The third-order valence-electron chi connectivity index (χ3n) is 3.04. The highest BCUT2D eigenvalue weighted by Gasteiger charge is 2.32. The summed E-state index contributed by atoms with van der Waals surface area (Å²) in [6, 6.07) is 7.04. The molecule has 1 aromatic carbocycles. The number of hydrogen-bond acceptors (Lipinski definition) is 6. The molecule has 7 nitrogen and oxygen atoms in total. The van der Waals surface area contributed by atoms with Crippen molar-refractivity contribution < 1.29 is 28.7 Å². The van der Waals surface area contributed by atoms with Gasteiger partial charge in [-0.25, -0.2) is 4.79 Å². The largest absolute Gasteiger partial charge is 0.491 e. The van der Waals surface area contributed by atoms with E-state index in [4.69, 9.17) is 14.3 Å². The summed E-state index contributed by atoms with van der Waals surface area (Å²) in [4.78, 5) is 39.0. The second-order valence-corrected chi connectivity index (χ2v) is 4.74. The minimum Gasteiger partial charge on any atom is -0.491 e. The van der Waals surface area contributed by atoms with Crippen molar-refractivity contribution in [3.05, 3.63) is 35.9 Å². The van der Waals surface area contributed by atoms with Crippen molar-refractivity contribution in [3.8, 4) is 5.75 Å². The van der Waals surface area contributed by atoms with Gasteiger partial charge < -0.3 is 14.3 Å². The maximum absolute atomic E-state index is 11.6. The fourth-order valence-corrected chi connectivity index (χ4v) is 1.86. The molecule has 0 aliphatic carbocycles. The van der Waals surface area contributed by atoms with Crippen LogP contribution in [0, 0.1) is 0 Å². The monoisotopic (exact) mass is 319 g/mol. The van der Waals surface area contributed by atoms with Crippen molar-refractivity contribution in [2.24, 2.45) is 0 Å². The van der Waals surface area contributed by atoms with Crippen LogP contribution in [0.2, 0.25) is 0 Å². The SMILES string of the molecule is COCCOc1ccc(/C=C/C(=O)ON2C(=O)CCC2=O)cc1. The number of imide groups is 1. The molecular weight excluding hydrogens is 302 g/mol. The predicted octanol–water partition coefficient (Wildman–Crippen LogP) is 1.33. The Morgan fingerprint density at radius 3 is 2.39 bits per heavy atom. The number of hydrogen-bond donors (Lipinski definition) is 0. The van der Waals surface area contributed by atoms with E-state index in [9.17, 15) is 14.4 Å². The zero-order chi connectivity index (χ0) is 16.7. The van der Waals surface area contributed by atoms with Crippen LogP contribution < -0.4 is 4.74 Å². The number of rotatable bonds is 7. The Hall–Kier alpha value is -2.67. The van der Waals surface area contributed by atoms with Crippen LogP contribution in [0.1, 0.15) is 18.4 Å². The molecule has 0 bridgehead atoms. The van der Waals surface area contributed by atoms with Gasteiger partial charge >= 0.3 is 5.97 Å². The van der Waals surface area contributed by atoms with Crippen molar-refractivity contribution in [2.45, 2.75) is 12.8 Å². The first-order valence-corrected chi connectivity index (χ1v) is 7.08. The number of benzene rings is 1. The molecule has 7 heteroatoms. The molecule has 0 unspecified atom stereocenters. The van der Waals surface area contributed by atoms with Gasteiger partial charge in [0.2, 0.25) is 0 Å². The molecule has 2 rings (SSSR count). The molecule has 23 heavy (non-hydrogen) atoms. The molecular formula is C16H17NO6. The van der Waals surface area contributed by atoms with Gasteiger partial charge in [-0.15, -0.1) is 5.06 Å². The van der Waals surface area contributed by atoms with E-state index >= 15 is 0 Å². The second-order valence-electron chi connectivity index (χ2n) is 4.74. The van der Waals surface area contributed by atoms with Crippen LogP contribution in [0.3, 0.4) is 0 Å². The van der Waals surface area contributed by atoms with Crippen LogP contribution in [-0.4, -0.2) is 43.2 Å². The lowest BCUT2D eigenvalue weighted by molar-refractivity contribution is -0.193. The number of ether oxygens (including phenoxy) is 2. The Balaban J connectivity index is 1.85. The zero-order valence-electron chi connectivity index (χ0n) is 12.7. The van der Waals surface area contributed by atoms with E-state index in [2.05, 4.69) is 0 Å². The smallest absolute Gasteiger partial charge is 0.356 e. The van der Waals surface area contributed by atoms with Crippen LogP contribution in [0.5, 0.6) is 5.75 Å². The molecule has 1 aliphatic heterocycles. The van der Waals surface area contributed by atoms with Gasteiger partial charge in [0.15, 0.2) is 0 Å². The second kappa shape index (κ2) is 8.09. The minimum absolute atomic E-state index is 0.0698. The average molecular weight is 319 g/mol. The number of hydroxylamine groups is 2. The fourth-order valence-electron chi connectivity index (χ4n) is 1.86. The summed E-state index contributed by atoms with van der Waals surface area (Å²) in [6.45, 7) is 0.956. The molecule has 1 aromatic rings. The van der Waals surface area contributed by atoms with Crippen LogP contribution in [0.4, 0.5) is 0 Å². The maximum Gasteiger partial charge on any atom is 0.356 e. The van der Waals surface area contributed by atoms with Crippen molar-refractivity contribution >= 4 is 23.9 Å². The molecule has 1 aliphatic rings. The number of carbonyl (C=O) groups excluding carboxylic acids is 3. The lowest BCUT2D eigenvalue weighted by Crippen LogP contribution is -2.31. The highest BCUT2D eigenvalue weighted by atomic mass is 16.7. The van der Waals surface area contributed by atoms with Crippen molar-refractivity contribution in [1.29, 1.82) is 0 Å². The van der Waals surface area contributed by atoms with Gasteiger partial charge in [-0.3, -0.25) is 9.59 Å². The number of methoxy groups -OCH3 is 1. The quantitative estimate of drug-likeness (QED) is 0.428. The van der Waals surface area contributed by atoms with E-state index < -0.39 is 17.8 Å². The first kappa shape index (κ1) is 16.7. The molecule has 0 aromatic heterocycles. The van der Waals surface area contributed by atoms with Gasteiger partial charge in [-0.05, 0) is 23.8 Å². The third kappa shape index (κ3) is 4.93. The predicted molar refractivity (Wildman–Crippen MR) is 80.0 cm³/mol. The fraction of sp³-hybridized carbons (Fsp3) is 0.312. The summed E-state index contributed by atoms with van der Waals surface area (Å²) in [6.07, 6.45) is 2.81. The molecule has 0 spiro atoms. The van der Waals surface area contributed by atoms with Gasteiger partial charge in [0.05, 0.1) is 6.61 Å². The van der Waals surface area contributed by atoms with E-state index in [1.807, 2.05) is 0 Å². The molecule has 0 N–H and O–H groups in total. The Bertz CT molecular complexity index is 592. The minimum atomic E-state index is -0.783. The Morgan fingerprint density at radius 1 is 1.13 bits per heavy atom. The molecule has 0 radical (unpaired) electrons. The first-order valence-electron chi connectivity index (χ1n) is 7.08. The molecule has 122 valence electrons. The topological polar surface area (TPSA) is 82.1 Å². The summed E-state index contributed by atoms with van der Waals surface area (Å²) < 4.78 is 10.3. The van der Waals surface area contributed by atoms with E-state index in [1.165, 1.54) is 6.08 Å². The lowest BCUT2D eigenvalue weighted by Gasteiger charge is -2.10.